The van der Waals surface area contributed by atoms with Gasteiger partial charge in [0.05, 0.1) is 29.3 Å². The highest BCUT2D eigenvalue weighted by atomic mass is 32.1. The molecule has 13 heteroatoms. The van der Waals surface area contributed by atoms with Gasteiger partial charge in [0.1, 0.15) is 22.8 Å². The molecular weight excluding hydrogens is 612 g/mol. The number of amides is 1. The zero-order valence-electron chi connectivity index (χ0n) is 25.0. The molecule has 3 aliphatic carbocycles. The van der Waals surface area contributed by atoms with Crippen LogP contribution >= 0.6 is 12.2 Å². The lowest BCUT2D eigenvalue weighted by molar-refractivity contribution is -0.169. The number of nitrogens with one attached hydrogen (secondary N) is 2. The number of primary amides is 1. The van der Waals surface area contributed by atoms with Crippen LogP contribution in [0.15, 0.2) is 71.5 Å². The second kappa shape index (κ2) is 10.9. The van der Waals surface area contributed by atoms with Crippen LogP contribution in [0.25, 0.3) is 16.5 Å². The highest BCUT2D eigenvalue weighted by Gasteiger charge is 2.68. The molecule has 1 saturated carbocycles. The van der Waals surface area contributed by atoms with Crippen LogP contribution in [0.2, 0.25) is 0 Å². The number of nitrogens with two attached hydrogens (primary N) is 1. The van der Waals surface area contributed by atoms with Gasteiger partial charge in [-0.2, -0.15) is 0 Å². The van der Waals surface area contributed by atoms with Crippen molar-refractivity contribution in [2.24, 2.45) is 17.6 Å². The highest BCUT2D eigenvalue weighted by Crippen LogP contribution is 2.56. The van der Waals surface area contributed by atoms with Gasteiger partial charge in [0, 0.05) is 22.6 Å². The molecule has 1 amide bonds. The Labute approximate surface area is 268 Å². The molecule has 3 aliphatic rings. The number of likely N-dealkylation sites (N-methyl/N-ethyl adjacent to an activating group) is 1. The molecule has 0 heterocycles. The van der Waals surface area contributed by atoms with E-state index in [9.17, 15) is 39.9 Å². The Morgan fingerprint density at radius 3 is 2.30 bits per heavy atom. The van der Waals surface area contributed by atoms with E-state index in [0.29, 0.717) is 11.3 Å². The SMILES string of the molecule is C[C@H]1c2ccc(NC(=S)Nc3cccc4ccccc34)c(O)c2C(O)=C2C(=O)[C@]3(O)C(O)=C(C(N)=O)C(=O)[C@@H](N(C)C)C3[C@@H](O)C21. The van der Waals surface area contributed by atoms with Crippen LogP contribution in [-0.2, 0) is 14.4 Å². The number of thiocarbonyl (C=S) groups is 1. The molecule has 3 aromatic carbocycles. The molecule has 12 nitrogen and oxygen atoms in total. The fourth-order valence-electron chi connectivity index (χ4n) is 7.33. The number of aromatic hydroxyl groups is 1. The third kappa shape index (κ3) is 4.31. The van der Waals surface area contributed by atoms with Crippen LogP contribution < -0.4 is 16.4 Å². The normalized spacial score (nSPS) is 27.3. The Kier molecular flexibility index (Phi) is 7.40. The van der Waals surface area contributed by atoms with Crippen LogP contribution in [-0.4, -0.2) is 84.9 Å². The Bertz CT molecular complexity index is 1930. The Balaban J connectivity index is 1.43. The molecular formula is C33H32N4O8S. The quantitative estimate of drug-likeness (QED) is 0.117. The van der Waals surface area contributed by atoms with E-state index < -0.39 is 81.4 Å². The van der Waals surface area contributed by atoms with Crippen molar-refractivity contribution in [1.82, 2.24) is 4.90 Å². The summed E-state index contributed by atoms with van der Waals surface area (Å²) in [5.74, 6) is -9.57. The van der Waals surface area contributed by atoms with Gasteiger partial charge >= 0.3 is 0 Å². The molecule has 0 bridgehead atoms. The minimum atomic E-state index is -2.99. The molecule has 9 N–H and O–H groups in total. The number of aliphatic hydroxyl groups excluding tert-OH is 3. The lowest BCUT2D eigenvalue weighted by atomic mass is 9.54. The Morgan fingerprint density at radius 2 is 1.63 bits per heavy atom. The van der Waals surface area contributed by atoms with Crippen molar-refractivity contribution in [3.8, 4) is 5.75 Å². The maximum absolute atomic E-state index is 14.2. The van der Waals surface area contributed by atoms with Crippen molar-refractivity contribution in [1.29, 1.82) is 0 Å². The first-order chi connectivity index (χ1) is 21.7. The van der Waals surface area contributed by atoms with Gasteiger partial charge < -0.3 is 41.9 Å². The average Bonchev–Trinajstić information content (AvgIpc) is 3.00. The van der Waals surface area contributed by atoms with E-state index >= 15 is 0 Å². The van der Waals surface area contributed by atoms with Gasteiger partial charge in [-0.15, -0.1) is 0 Å². The van der Waals surface area contributed by atoms with Crippen LogP contribution in [0.1, 0.15) is 24.0 Å². The fourth-order valence-corrected chi connectivity index (χ4v) is 7.55. The summed E-state index contributed by atoms with van der Waals surface area (Å²) in [4.78, 5) is 41.0. The molecule has 46 heavy (non-hydrogen) atoms. The first kappa shape index (κ1) is 31.2. The van der Waals surface area contributed by atoms with E-state index in [1.165, 1.54) is 25.1 Å². The number of benzene rings is 3. The van der Waals surface area contributed by atoms with Crippen LogP contribution in [0.5, 0.6) is 5.75 Å². The van der Waals surface area contributed by atoms with Crippen LogP contribution in [0.4, 0.5) is 11.4 Å². The van der Waals surface area contributed by atoms with Crippen molar-refractivity contribution in [2.75, 3.05) is 24.7 Å². The van der Waals surface area contributed by atoms with Crippen molar-refractivity contribution in [2.45, 2.75) is 30.6 Å². The van der Waals surface area contributed by atoms with Gasteiger partial charge in [-0.1, -0.05) is 49.4 Å². The van der Waals surface area contributed by atoms with Gasteiger partial charge in [0.25, 0.3) is 5.91 Å². The Hall–Kier alpha value is -4.82. The summed E-state index contributed by atoms with van der Waals surface area (Å²) >= 11 is 5.51. The van der Waals surface area contributed by atoms with Crippen molar-refractivity contribution >= 4 is 62.7 Å². The van der Waals surface area contributed by atoms with Crippen molar-refractivity contribution in [3.63, 3.8) is 0 Å². The summed E-state index contributed by atoms with van der Waals surface area (Å²) < 4.78 is 0. The van der Waals surface area contributed by atoms with Crippen LogP contribution in [0, 0.1) is 11.8 Å². The van der Waals surface area contributed by atoms with E-state index in [1.807, 2.05) is 42.5 Å². The third-order valence-electron chi connectivity index (χ3n) is 9.42. The summed E-state index contributed by atoms with van der Waals surface area (Å²) in [6.07, 6.45) is -1.67. The number of ketones is 2. The minimum Gasteiger partial charge on any atom is -0.508 e. The standard InChI is InChI=1S/C33H32N4O8S/c1-13-15-11-12-18(36-32(46)35-17-10-6-8-14-7-4-5-9-16(14)17)25(38)20(15)26(39)21-19(13)27(40)23-24(37(2)3)28(41)22(31(34)44)30(43)33(23,45)29(21)42/h4-13,19,23-24,27,38-40,43,45H,1-3H3,(H2,34,44)(H2,35,36,46)/t13-,19?,23?,24-,27-,33-/m0/s1. The van der Waals surface area contributed by atoms with Crippen molar-refractivity contribution in [3.05, 3.63) is 82.6 Å². The van der Waals surface area contributed by atoms with Crippen molar-refractivity contribution < 1.29 is 39.9 Å². The zero-order chi connectivity index (χ0) is 33.4. The number of phenolic OH excluding ortho intramolecular Hbond substituents is 1. The smallest absolute Gasteiger partial charge is 0.255 e. The van der Waals surface area contributed by atoms with E-state index in [4.69, 9.17) is 18.0 Å². The number of aliphatic hydroxyl groups is 4. The van der Waals surface area contributed by atoms with E-state index in [2.05, 4.69) is 10.6 Å². The molecule has 0 radical (unpaired) electrons. The number of nitrogens with zero attached hydrogens (tertiary/aromatic N) is 1. The number of anilines is 2. The maximum Gasteiger partial charge on any atom is 0.255 e. The maximum atomic E-state index is 14.2. The van der Waals surface area contributed by atoms with Gasteiger partial charge in [-0.25, -0.2) is 0 Å². The van der Waals surface area contributed by atoms with Gasteiger partial charge in [-0.3, -0.25) is 19.3 Å². The molecule has 6 rings (SSSR count). The molecule has 0 spiro atoms. The summed E-state index contributed by atoms with van der Waals surface area (Å²) in [6.45, 7) is 1.66. The summed E-state index contributed by atoms with van der Waals surface area (Å²) in [5, 5.41) is 65.7. The molecule has 0 saturated heterocycles. The first-order valence-corrected chi connectivity index (χ1v) is 14.9. The van der Waals surface area contributed by atoms with Crippen LogP contribution in [0.3, 0.4) is 0 Å². The number of rotatable bonds is 4. The monoisotopic (exact) mass is 644 g/mol. The lowest BCUT2D eigenvalue weighted by Crippen LogP contribution is -2.70. The van der Waals surface area contributed by atoms with Gasteiger partial charge in [0.15, 0.2) is 16.5 Å². The fraction of sp³-hybridized carbons (Fsp3) is 0.273. The number of carbonyl (C=O) groups is 3. The van der Waals surface area contributed by atoms with Gasteiger partial charge in [-0.05, 0) is 55.3 Å². The molecule has 3 aromatic rings. The second-order valence-corrected chi connectivity index (χ2v) is 12.5. The van der Waals surface area contributed by atoms with E-state index in [1.54, 1.807) is 13.0 Å². The average molecular weight is 645 g/mol. The number of fused-ring (bicyclic) bond motifs is 4. The molecule has 2 unspecified atom stereocenters. The predicted octanol–water partition coefficient (Wildman–Crippen LogP) is 2.46. The number of carbonyl (C=O) groups excluding carboxylic acids is 3. The Morgan fingerprint density at radius 1 is 0.978 bits per heavy atom. The number of phenols is 1. The summed E-state index contributed by atoms with van der Waals surface area (Å²) in [7, 11) is 2.91. The topological polar surface area (TPSA) is 206 Å². The van der Waals surface area contributed by atoms with E-state index in [0.717, 1.165) is 10.8 Å². The summed E-state index contributed by atoms with van der Waals surface area (Å²) in [6, 6.07) is 15.1. The molecule has 238 valence electrons. The van der Waals surface area contributed by atoms with E-state index in [-0.39, 0.29) is 16.4 Å². The molecule has 6 atom stereocenters. The third-order valence-corrected chi connectivity index (χ3v) is 9.62. The zero-order valence-corrected chi connectivity index (χ0v) is 25.8. The molecule has 0 aliphatic heterocycles. The number of Topliss-reactive ketones (excluding diaryl/α,β-unsaturated/α-hetero) is 2. The molecule has 1 fully saturated rings. The summed E-state index contributed by atoms with van der Waals surface area (Å²) in [5.41, 5.74) is 1.97. The second-order valence-electron chi connectivity index (χ2n) is 12.1. The first-order valence-electron chi connectivity index (χ1n) is 14.5. The largest absolute Gasteiger partial charge is 0.508 e. The highest BCUT2D eigenvalue weighted by molar-refractivity contribution is 7.80. The predicted molar refractivity (Wildman–Crippen MR) is 174 cm³/mol. The lowest BCUT2D eigenvalue weighted by Gasteiger charge is -2.53. The molecule has 0 aromatic heterocycles. The minimum absolute atomic E-state index is 0.0874. The number of hydrogen-bond acceptors (Lipinski definition) is 10. The van der Waals surface area contributed by atoms with Gasteiger partial charge in [0.2, 0.25) is 5.78 Å². The number of hydrogen-bond donors (Lipinski definition) is 8.